The molecule has 29 heavy (non-hydrogen) atoms. The van der Waals surface area contributed by atoms with E-state index in [0.29, 0.717) is 16.1 Å². The van der Waals surface area contributed by atoms with Crippen molar-refractivity contribution in [3.63, 3.8) is 0 Å². The fraction of sp³-hybridized carbons (Fsp3) is 0.200. The molecule has 0 aliphatic heterocycles. The number of carbonyl (C=O) groups is 2. The van der Waals surface area contributed by atoms with Crippen molar-refractivity contribution in [2.24, 2.45) is 0 Å². The van der Waals surface area contributed by atoms with Crippen LogP contribution in [0, 0.1) is 0 Å². The number of ether oxygens (including phenoxy) is 1. The molecule has 0 saturated heterocycles. The van der Waals surface area contributed by atoms with Crippen LogP contribution in [-0.2, 0) is 24.3 Å². The van der Waals surface area contributed by atoms with Crippen molar-refractivity contribution < 1.29 is 22.7 Å². The molecule has 2 aromatic carbocycles. The van der Waals surface area contributed by atoms with Crippen LogP contribution in [0.2, 0.25) is 5.02 Å². The number of nitrogens with one attached hydrogen (secondary N) is 2. The molecule has 0 aliphatic rings. The summed E-state index contributed by atoms with van der Waals surface area (Å²) in [6.07, 6.45) is 2.76. The highest BCUT2D eigenvalue weighted by atomic mass is 35.5. The Morgan fingerprint density at radius 3 is 2.38 bits per heavy atom. The van der Waals surface area contributed by atoms with E-state index >= 15 is 0 Å². The van der Waals surface area contributed by atoms with Crippen LogP contribution in [0.4, 0.5) is 0 Å². The van der Waals surface area contributed by atoms with Gasteiger partial charge in [0.2, 0.25) is 15.9 Å². The second kappa shape index (κ2) is 10.2. The summed E-state index contributed by atoms with van der Waals surface area (Å²) in [4.78, 5) is 24.2. The minimum Gasteiger partial charge on any atom is -0.469 e. The fourth-order valence-electron chi connectivity index (χ4n) is 2.51. The van der Waals surface area contributed by atoms with E-state index in [-0.39, 0.29) is 11.3 Å². The summed E-state index contributed by atoms with van der Waals surface area (Å²) in [7, 11) is -0.921. The highest BCUT2D eigenvalue weighted by Crippen LogP contribution is 2.25. The zero-order valence-corrected chi connectivity index (χ0v) is 17.5. The SMILES string of the molecule is CNS(=O)(=O)c1ccc(/C=C/C(=O)NC(CC(=O)OC)c2ccccc2Cl)cc1. The van der Waals surface area contributed by atoms with Crippen LogP contribution in [0.5, 0.6) is 0 Å². The molecule has 2 N–H and O–H groups in total. The molecule has 9 heteroatoms. The Bertz CT molecular complexity index is 1000. The van der Waals surface area contributed by atoms with Gasteiger partial charge in [-0.25, -0.2) is 13.1 Å². The van der Waals surface area contributed by atoms with Gasteiger partial charge < -0.3 is 10.1 Å². The molecule has 1 atom stereocenters. The number of halogens is 1. The van der Waals surface area contributed by atoms with Crippen LogP contribution in [0.15, 0.2) is 59.5 Å². The van der Waals surface area contributed by atoms with Gasteiger partial charge in [0.15, 0.2) is 0 Å². The number of amides is 1. The topological polar surface area (TPSA) is 102 Å². The van der Waals surface area contributed by atoms with Crippen molar-refractivity contribution in [3.05, 3.63) is 70.8 Å². The van der Waals surface area contributed by atoms with Crippen LogP contribution in [0.3, 0.4) is 0 Å². The minimum absolute atomic E-state index is 0.0730. The lowest BCUT2D eigenvalue weighted by molar-refractivity contribution is -0.141. The van der Waals surface area contributed by atoms with Crippen molar-refractivity contribution in [1.82, 2.24) is 10.0 Å². The molecule has 2 rings (SSSR count). The molecule has 2 aromatic rings. The molecule has 0 aliphatic carbocycles. The maximum Gasteiger partial charge on any atom is 0.307 e. The number of esters is 1. The van der Waals surface area contributed by atoms with E-state index in [9.17, 15) is 18.0 Å². The largest absolute Gasteiger partial charge is 0.469 e. The highest BCUT2D eigenvalue weighted by molar-refractivity contribution is 7.89. The lowest BCUT2D eigenvalue weighted by atomic mass is 10.0. The third-order valence-corrected chi connectivity index (χ3v) is 5.86. The van der Waals surface area contributed by atoms with Crippen LogP contribution in [-0.4, -0.2) is 34.5 Å². The van der Waals surface area contributed by atoms with E-state index in [0.717, 1.165) is 0 Å². The second-order valence-electron chi connectivity index (χ2n) is 5.97. The van der Waals surface area contributed by atoms with Gasteiger partial charge in [-0.1, -0.05) is 41.9 Å². The number of benzene rings is 2. The van der Waals surface area contributed by atoms with Crippen molar-refractivity contribution in [1.29, 1.82) is 0 Å². The Labute approximate surface area is 174 Å². The van der Waals surface area contributed by atoms with Crippen LogP contribution in [0.25, 0.3) is 6.08 Å². The van der Waals surface area contributed by atoms with Crippen molar-refractivity contribution in [2.45, 2.75) is 17.4 Å². The monoisotopic (exact) mass is 436 g/mol. The third kappa shape index (κ3) is 6.42. The quantitative estimate of drug-likeness (QED) is 0.489. The third-order valence-electron chi connectivity index (χ3n) is 4.08. The van der Waals surface area contributed by atoms with Crippen LogP contribution < -0.4 is 10.0 Å². The van der Waals surface area contributed by atoms with Gasteiger partial charge >= 0.3 is 5.97 Å². The maximum absolute atomic E-state index is 12.4. The molecule has 0 aromatic heterocycles. The molecule has 1 amide bonds. The van der Waals surface area contributed by atoms with Gasteiger partial charge in [-0.3, -0.25) is 9.59 Å². The standard InChI is InChI=1S/C20H21ClN2O5S/c1-22-29(26,27)15-10-7-14(8-11-15)9-12-19(24)23-18(13-20(25)28-2)16-5-3-4-6-17(16)21/h3-12,18,22H,13H2,1-2H3,(H,23,24)/b12-9+. The van der Waals surface area contributed by atoms with Crippen molar-refractivity contribution >= 4 is 39.6 Å². The molecule has 0 radical (unpaired) electrons. The first kappa shape index (κ1) is 22.6. The van der Waals surface area contributed by atoms with Gasteiger partial charge in [0.25, 0.3) is 0 Å². The van der Waals surface area contributed by atoms with Gasteiger partial charge in [0.05, 0.1) is 24.5 Å². The number of hydrogen-bond acceptors (Lipinski definition) is 5. The summed E-state index contributed by atoms with van der Waals surface area (Å²) in [5.74, 6) is -0.925. The predicted octanol–water partition coefficient (Wildman–Crippen LogP) is 2.68. The first-order valence-corrected chi connectivity index (χ1v) is 10.5. The number of hydrogen-bond donors (Lipinski definition) is 2. The Morgan fingerprint density at radius 2 is 1.79 bits per heavy atom. The summed E-state index contributed by atoms with van der Waals surface area (Å²) in [5.41, 5.74) is 1.24. The lowest BCUT2D eigenvalue weighted by Crippen LogP contribution is -2.29. The molecular weight excluding hydrogens is 416 g/mol. The van der Waals surface area contributed by atoms with E-state index in [2.05, 4.69) is 10.0 Å². The minimum atomic E-state index is -3.52. The first-order valence-electron chi connectivity index (χ1n) is 8.60. The Hall–Kier alpha value is -2.68. The Kier molecular flexibility index (Phi) is 7.95. The fourth-order valence-corrected chi connectivity index (χ4v) is 3.51. The predicted molar refractivity (Wildman–Crippen MR) is 111 cm³/mol. The van der Waals surface area contributed by atoms with E-state index in [1.165, 1.54) is 38.4 Å². The maximum atomic E-state index is 12.4. The smallest absolute Gasteiger partial charge is 0.307 e. The summed E-state index contributed by atoms with van der Waals surface area (Å²) < 4.78 is 30.4. The molecule has 0 fully saturated rings. The number of methoxy groups -OCH3 is 1. The van der Waals surface area contributed by atoms with Gasteiger partial charge in [0, 0.05) is 11.1 Å². The van der Waals surface area contributed by atoms with Crippen LogP contribution >= 0.6 is 11.6 Å². The lowest BCUT2D eigenvalue weighted by Gasteiger charge is -2.18. The normalized spacial score (nSPS) is 12.5. The zero-order valence-electron chi connectivity index (χ0n) is 15.9. The number of carbonyl (C=O) groups excluding carboxylic acids is 2. The summed E-state index contributed by atoms with van der Waals surface area (Å²) in [5, 5.41) is 3.16. The average molecular weight is 437 g/mol. The Morgan fingerprint density at radius 1 is 1.14 bits per heavy atom. The molecule has 0 bridgehead atoms. The second-order valence-corrected chi connectivity index (χ2v) is 8.27. The Balaban J connectivity index is 2.13. The summed E-state index contributed by atoms with van der Waals surface area (Å²) >= 11 is 6.19. The molecule has 0 saturated carbocycles. The first-order chi connectivity index (χ1) is 13.8. The zero-order chi connectivity index (χ0) is 21.4. The molecule has 0 spiro atoms. The average Bonchev–Trinajstić information content (AvgIpc) is 2.72. The van der Waals surface area contributed by atoms with Crippen molar-refractivity contribution in [3.8, 4) is 0 Å². The van der Waals surface area contributed by atoms with Crippen LogP contribution in [0.1, 0.15) is 23.6 Å². The van der Waals surface area contributed by atoms with Gasteiger partial charge in [0.1, 0.15) is 0 Å². The van der Waals surface area contributed by atoms with E-state index in [1.54, 1.807) is 36.4 Å². The van der Waals surface area contributed by atoms with E-state index in [1.807, 2.05) is 0 Å². The molecule has 1 unspecified atom stereocenters. The summed E-state index contributed by atoms with van der Waals surface area (Å²) in [6, 6.07) is 12.3. The van der Waals surface area contributed by atoms with Crippen molar-refractivity contribution in [2.75, 3.05) is 14.2 Å². The highest BCUT2D eigenvalue weighted by Gasteiger charge is 2.20. The summed E-state index contributed by atoms with van der Waals surface area (Å²) in [6.45, 7) is 0. The molecule has 154 valence electrons. The van der Waals surface area contributed by atoms with Gasteiger partial charge in [-0.2, -0.15) is 0 Å². The van der Waals surface area contributed by atoms with Gasteiger partial charge in [-0.15, -0.1) is 0 Å². The molecule has 7 nitrogen and oxygen atoms in total. The molecule has 0 heterocycles. The van der Waals surface area contributed by atoms with Gasteiger partial charge in [-0.05, 0) is 42.4 Å². The van der Waals surface area contributed by atoms with E-state index in [4.69, 9.17) is 16.3 Å². The number of rotatable bonds is 8. The molecular formula is C20H21ClN2O5S. The number of sulfonamides is 1. The van der Waals surface area contributed by atoms with E-state index < -0.39 is 27.9 Å².